The fourth-order valence-electron chi connectivity index (χ4n) is 1.99. The minimum absolute atomic E-state index is 0.373. The van der Waals surface area contributed by atoms with Crippen molar-refractivity contribution < 1.29 is 9.90 Å². The number of carbonyl (C=O) groups is 1. The normalized spacial score (nSPS) is 16.4. The van der Waals surface area contributed by atoms with Gasteiger partial charge in [0.25, 0.3) is 0 Å². The Kier molecular flexibility index (Phi) is 2.90. The van der Waals surface area contributed by atoms with Gasteiger partial charge in [0.1, 0.15) is 0 Å². The number of carboxylic acids is 1. The van der Waals surface area contributed by atoms with Crippen molar-refractivity contribution in [1.29, 1.82) is 0 Å². The van der Waals surface area contributed by atoms with E-state index in [2.05, 4.69) is 4.90 Å². The van der Waals surface area contributed by atoms with Gasteiger partial charge in [-0.25, -0.2) is 4.79 Å². The second-order valence-corrected chi connectivity index (χ2v) is 3.90. The molecule has 1 N–H and O–H groups in total. The molecular weight excluding hydrogens is 190 g/mol. The second-order valence-electron chi connectivity index (χ2n) is 3.90. The van der Waals surface area contributed by atoms with Gasteiger partial charge in [-0.2, -0.15) is 0 Å². The molecule has 15 heavy (non-hydrogen) atoms. The molecule has 0 unspecified atom stereocenters. The van der Waals surface area contributed by atoms with Gasteiger partial charge in [0, 0.05) is 18.8 Å². The van der Waals surface area contributed by atoms with Crippen LogP contribution in [0.1, 0.15) is 29.6 Å². The molecule has 1 aromatic rings. The summed E-state index contributed by atoms with van der Waals surface area (Å²) in [6.45, 7) is 2.09. The largest absolute Gasteiger partial charge is 0.478 e. The smallest absolute Gasteiger partial charge is 0.335 e. The molecule has 1 aromatic carbocycles. The first-order valence-electron chi connectivity index (χ1n) is 5.36. The first kappa shape index (κ1) is 10.0. The molecule has 80 valence electrons. The van der Waals surface area contributed by atoms with Gasteiger partial charge in [0.2, 0.25) is 0 Å². The predicted molar refractivity (Wildman–Crippen MR) is 59.5 cm³/mol. The predicted octanol–water partition coefficient (Wildman–Crippen LogP) is 2.38. The zero-order chi connectivity index (χ0) is 10.7. The molecule has 0 aliphatic carbocycles. The topological polar surface area (TPSA) is 40.5 Å². The molecule has 3 nitrogen and oxygen atoms in total. The van der Waals surface area contributed by atoms with Crippen LogP contribution < -0.4 is 4.90 Å². The van der Waals surface area contributed by atoms with Crippen LogP contribution in [0.2, 0.25) is 0 Å². The summed E-state index contributed by atoms with van der Waals surface area (Å²) in [4.78, 5) is 13.1. The number of piperidine rings is 1. The summed E-state index contributed by atoms with van der Waals surface area (Å²) >= 11 is 0. The number of hydrogen-bond acceptors (Lipinski definition) is 2. The van der Waals surface area contributed by atoms with Crippen LogP contribution in [0, 0.1) is 0 Å². The maximum atomic E-state index is 10.8. The molecule has 1 saturated heterocycles. The van der Waals surface area contributed by atoms with Gasteiger partial charge in [-0.3, -0.25) is 0 Å². The van der Waals surface area contributed by atoms with Gasteiger partial charge in [-0.15, -0.1) is 0 Å². The third kappa shape index (κ3) is 2.29. The summed E-state index contributed by atoms with van der Waals surface area (Å²) in [6, 6.07) is 7.19. The number of anilines is 1. The molecule has 3 heteroatoms. The van der Waals surface area contributed by atoms with Gasteiger partial charge in [0.15, 0.2) is 0 Å². The van der Waals surface area contributed by atoms with Crippen molar-refractivity contribution in [2.75, 3.05) is 18.0 Å². The summed E-state index contributed by atoms with van der Waals surface area (Å²) in [6.07, 6.45) is 3.70. The summed E-state index contributed by atoms with van der Waals surface area (Å²) in [5, 5.41) is 8.89. The molecule has 0 spiro atoms. The van der Waals surface area contributed by atoms with Crippen LogP contribution >= 0.6 is 0 Å². The van der Waals surface area contributed by atoms with Crippen molar-refractivity contribution >= 4 is 11.7 Å². The molecule has 2 rings (SSSR count). The Hall–Kier alpha value is -1.51. The van der Waals surface area contributed by atoms with Gasteiger partial charge >= 0.3 is 5.97 Å². The van der Waals surface area contributed by atoms with E-state index in [1.54, 1.807) is 12.1 Å². The fraction of sp³-hybridized carbons (Fsp3) is 0.417. The lowest BCUT2D eigenvalue weighted by Crippen LogP contribution is -2.29. The van der Waals surface area contributed by atoms with E-state index in [0.29, 0.717) is 5.56 Å². The molecule has 0 bridgehead atoms. The van der Waals surface area contributed by atoms with Crippen LogP contribution in [0.4, 0.5) is 5.69 Å². The van der Waals surface area contributed by atoms with Gasteiger partial charge in [0.05, 0.1) is 5.56 Å². The van der Waals surface area contributed by atoms with E-state index in [4.69, 9.17) is 5.11 Å². The molecule has 1 fully saturated rings. The van der Waals surface area contributed by atoms with Crippen molar-refractivity contribution in [2.24, 2.45) is 0 Å². The Morgan fingerprint density at radius 2 is 1.93 bits per heavy atom. The molecule has 0 aromatic heterocycles. The van der Waals surface area contributed by atoms with Crippen molar-refractivity contribution in [3.63, 3.8) is 0 Å². The van der Waals surface area contributed by atoms with E-state index in [-0.39, 0.29) is 0 Å². The summed E-state index contributed by atoms with van der Waals surface area (Å²) in [5.74, 6) is -0.853. The van der Waals surface area contributed by atoms with E-state index in [9.17, 15) is 4.79 Å². The molecular formula is C12H15NO2. The van der Waals surface area contributed by atoms with Crippen LogP contribution in [-0.4, -0.2) is 24.2 Å². The highest BCUT2D eigenvalue weighted by Crippen LogP contribution is 2.20. The number of carboxylic acid groups (broad SMARTS) is 1. The molecule has 1 aliphatic heterocycles. The van der Waals surface area contributed by atoms with Gasteiger partial charge < -0.3 is 10.0 Å². The Morgan fingerprint density at radius 3 is 2.60 bits per heavy atom. The van der Waals surface area contributed by atoms with Crippen LogP contribution in [0.15, 0.2) is 24.3 Å². The monoisotopic (exact) mass is 205 g/mol. The average molecular weight is 205 g/mol. The molecule has 0 amide bonds. The minimum Gasteiger partial charge on any atom is -0.478 e. The Balaban J connectivity index is 2.19. The zero-order valence-electron chi connectivity index (χ0n) is 8.65. The van der Waals surface area contributed by atoms with E-state index in [0.717, 1.165) is 18.8 Å². The van der Waals surface area contributed by atoms with E-state index in [1.807, 2.05) is 12.1 Å². The highest BCUT2D eigenvalue weighted by Gasteiger charge is 2.12. The fourth-order valence-corrected chi connectivity index (χ4v) is 1.99. The molecule has 0 saturated carbocycles. The van der Waals surface area contributed by atoms with E-state index < -0.39 is 5.97 Å². The quantitative estimate of drug-likeness (QED) is 0.805. The molecule has 0 radical (unpaired) electrons. The lowest BCUT2D eigenvalue weighted by molar-refractivity contribution is 0.0697. The summed E-state index contributed by atoms with van der Waals surface area (Å²) in [7, 11) is 0. The van der Waals surface area contributed by atoms with E-state index in [1.165, 1.54) is 19.3 Å². The minimum atomic E-state index is -0.853. The Labute approximate surface area is 89.3 Å². The zero-order valence-corrected chi connectivity index (χ0v) is 8.65. The maximum Gasteiger partial charge on any atom is 0.335 e. The number of aromatic carboxylic acids is 1. The van der Waals surface area contributed by atoms with Crippen LogP contribution in [-0.2, 0) is 0 Å². The third-order valence-electron chi connectivity index (χ3n) is 2.81. The van der Waals surface area contributed by atoms with Crippen molar-refractivity contribution in [3.8, 4) is 0 Å². The third-order valence-corrected chi connectivity index (χ3v) is 2.81. The first-order valence-corrected chi connectivity index (χ1v) is 5.36. The van der Waals surface area contributed by atoms with Crippen LogP contribution in [0.5, 0.6) is 0 Å². The van der Waals surface area contributed by atoms with Crippen LogP contribution in [0.3, 0.4) is 0 Å². The highest BCUT2D eigenvalue weighted by molar-refractivity contribution is 5.88. The van der Waals surface area contributed by atoms with Crippen molar-refractivity contribution in [1.82, 2.24) is 0 Å². The number of nitrogens with zero attached hydrogens (tertiary/aromatic N) is 1. The Bertz CT molecular complexity index is 356. The first-order chi connectivity index (χ1) is 7.27. The number of rotatable bonds is 2. The molecule has 1 heterocycles. The molecule has 0 atom stereocenters. The number of benzene rings is 1. The standard InChI is InChI=1S/C12H15NO2/c14-12(15)10-5-4-6-11(9-10)13-7-2-1-3-8-13/h4-6,9H,1-3,7-8H2,(H,14,15). The SMILES string of the molecule is O=C(O)c1cccc(N2CCCCC2)c1. The van der Waals surface area contributed by atoms with Gasteiger partial charge in [-0.05, 0) is 37.5 Å². The van der Waals surface area contributed by atoms with Crippen molar-refractivity contribution in [3.05, 3.63) is 29.8 Å². The second kappa shape index (κ2) is 4.34. The lowest BCUT2D eigenvalue weighted by atomic mass is 10.1. The lowest BCUT2D eigenvalue weighted by Gasteiger charge is -2.28. The van der Waals surface area contributed by atoms with Crippen LogP contribution in [0.25, 0.3) is 0 Å². The summed E-state index contributed by atoms with van der Waals surface area (Å²) < 4.78 is 0. The number of hydrogen-bond donors (Lipinski definition) is 1. The summed E-state index contributed by atoms with van der Waals surface area (Å²) in [5.41, 5.74) is 1.41. The average Bonchev–Trinajstić information content (AvgIpc) is 2.30. The highest BCUT2D eigenvalue weighted by atomic mass is 16.4. The van der Waals surface area contributed by atoms with Gasteiger partial charge in [-0.1, -0.05) is 6.07 Å². The van der Waals surface area contributed by atoms with Crippen molar-refractivity contribution in [2.45, 2.75) is 19.3 Å². The maximum absolute atomic E-state index is 10.8. The Morgan fingerprint density at radius 1 is 1.20 bits per heavy atom. The van der Waals surface area contributed by atoms with E-state index >= 15 is 0 Å². The molecule has 1 aliphatic rings.